The molecule has 3 heterocycles. The Morgan fingerprint density at radius 2 is 2.21 bits per heavy atom. The largest absolute Gasteiger partial charge is 0.469 e. The van der Waals surface area contributed by atoms with Crippen LogP contribution in [-0.4, -0.2) is 16.5 Å². The molecule has 19 heavy (non-hydrogen) atoms. The SMILES string of the molecule is CCCNc1nc(-c2ccoc2C)nc2sccc12. The van der Waals surface area contributed by atoms with Crippen molar-refractivity contribution in [2.75, 3.05) is 11.9 Å². The summed E-state index contributed by atoms with van der Waals surface area (Å²) in [5, 5.41) is 6.50. The van der Waals surface area contributed by atoms with Gasteiger partial charge in [-0.15, -0.1) is 11.3 Å². The number of aryl methyl sites for hydroxylation is 1. The summed E-state index contributed by atoms with van der Waals surface area (Å²) in [7, 11) is 0. The first-order chi connectivity index (χ1) is 9.29. The average molecular weight is 273 g/mol. The number of nitrogens with one attached hydrogen (secondary N) is 1. The Morgan fingerprint density at radius 1 is 1.32 bits per heavy atom. The van der Waals surface area contributed by atoms with E-state index < -0.39 is 0 Å². The molecule has 0 bridgehead atoms. The third-order valence-electron chi connectivity index (χ3n) is 2.97. The summed E-state index contributed by atoms with van der Waals surface area (Å²) in [5.74, 6) is 2.47. The highest BCUT2D eigenvalue weighted by atomic mass is 32.1. The van der Waals surface area contributed by atoms with Crippen molar-refractivity contribution in [3.05, 3.63) is 29.5 Å². The van der Waals surface area contributed by atoms with Gasteiger partial charge in [-0.1, -0.05) is 6.92 Å². The summed E-state index contributed by atoms with van der Waals surface area (Å²) in [6, 6.07) is 3.97. The number of furan rings is 1. The summed E-state index contributed by atoms with van der Waals surface area (Å²) in [6.45, 7) is 4.97. The molecule has 0 atom stereocenters. The molecule has 0 aliphatic rings. The molecule has 0 amide bonds. The van der Waals surface area contributed by atoms with E-state index in [1.54, 1.807) is 17.6 Å². The Balaban J connectivity index is 2.13. The second-order valence-corrected chi connectivity index (χ2v) is 5.25. The molecule has 1 N–H and O–H groups in total. The molecule has 0 saturated heterocycles. The highest BCUT2D eigenvalue weighted by molar-refractivity contribution is 7.16. The lowest BCUT2D eigenvalue weighted by atomic mass is 10.2. The summed E-state index contributed by atoms with van der Waals surface area (Å²) >= 11 is 1.63. The van der Waals surface area contributed by atoms with Crippen LogP contribution in [0.5, 0.6) is 0 Å². The number of anilines is 1. The molecule has 3 rings (SSSR count). The molecule has 0 saturated carbocycles. The molecule has 0 radical (unpaired) electrons. The van der Waals surface area contributed by atoms with Crippen LogP contribution in [0.25, 0.3) is 21.6 Å². The van der Waals surface area contributed by atoms with Crippen LogP contribution in [0.3, 0.4) is 0 Å². The number of hydrogen-bond acceptors (Lipinski definition) is 5. The molecule has 0 aromatic carbocycles. The van der Waals surface area contributed by atoms with Crippen molar-refractivity contribution in [1.29, 1.82) is 0 Å². The fourth-order valence-electron chi connectivity index (χ4n) is 1.97. The van der Waals surface area contributed by atoms with Gasteiger partial charge in [-0.25, -0.2) is 9.97 Å². The van der Waals surface area contributed by atoms with Crippen LogP contribution in [-0.2, 0) is 0 Å². The number of rotatable bonds is 4. The Labute approximate surface area is 115 Å². The predicted octanol–water partition coefficient (Wildman–Crippen LogP) is 4.08. The first kappa shape index (κ1) is 12.2. The van der Waals surface area contributed by atoms with Crippen molar-refractivity contribution in [2.45, 2.75) is 20.3 Å². The normalized spacial score (nSPS) is 11.1. The fourth-order valence-corrected chi connectivity index (χ4v) is 2.73. The van der Waals surface area contributed by atoms with Crippen molar-refractivity contribution in [1.82, 2.24) is 9.97 Å². The average Bonchev–Trinajstić information content (AvgIpc) is 3.03. The number of aromatic nitrogens is 2. The maximum absolute atomic E-state index is 5.34. The van der Waals surface area contributed by atoms with Gasteiger partial charge in [0.2, 0.25) is 0 Å². The van der Waals surface area contributed by atoms with Crippen molar-refractivity contribution in [3.63, 3.8) is 0 Å². The van der Waals surface area contributed by atoms with Crippen molar-refractivity contribution in [2.24, 2.45) is 0 Å². The van der Waals surface area contributed by atoms with Gasteiger partial charge in [-0.2, -0.15) is 0 Å². The van der Waals surface area contributed by atoms with Crippen molar-refractivity contribution >= 4 is 27.4 Å². The van der Waals surface area contributed by atoms with E-state index in [1.807, 2.05) is 18.4 Å². The van der Waals surface area contributed by atoms with Crippen LogP contribution in [0.2, 0.25) is 0 Å². The van der Waals surface area contributed by atoms with Crippen LogP contribution >= 0.6 is 11.3 Å². The first-order valence-electron chi connectivity index (χ1n) is 6.33. The molecule has 4 nitrogen and oxygen atoms in total. The van der Waals surface area contributed by atoms with E-state index >= 15 is 0 Å². The van der Waals surface area contributed by atoms with Gasteiger partial charge in [0.1, 0.15) is 16.4 Å². The highest BCUT2D eigenvalue weighted by Gasteiger charge is 2.13. The zero-order valence-electron chi connectivity index (χ0n) is 10.9. The van der Waals surface area contributed by atoms with E-state index in [0.29, 0.717) is 0 Å². The van der Waals surface area contributed by atoms with Gasteiger partial charge in [-0.3, -0.25) is 0 Å². The van der Waals surface area contributed by atoms with Crippen LogP contribution < -0.4 is 5.32 Å². The Bertz CT molecular complexity index is 702. The van der Waals surface area contributed by atoms with Gasteiger partial charge in [0, 0.05) is 6.54 Å². The zero-order chi connectivity index (χ0) is 13.2. The number of fused-ring (bicyclic) bond motifs is 1. The second-order valence-electron chi connectivity index (χ2n) is 4.35. The highest BCUT2D eigenvalue weighted by Crippen LogP contribution is 2.29. The summed E-state index contributed by atoms with van der Waals surface area (Å²) in [5.41, 5.74) is 0.954. The minimum absolute atomic E-state index is 0.722. The van der Waals surface area contributed by atoms with Gasteiger partial charge >= 0.3 is 0 Å². The fraction of sp³-hybridized carbons (Fsp3) is 0.286. The Kier molecular flexibility index (Phi) is 3.21. The molecule has 5 heteroatoms. The molecule has 0 fully saturated rings. The van der Waals surface area contributed by atoms with Crippen LogP contribution in [0, 0.1) is 6.92 Å². The van der Waals surface area contributed by atoms with Crippen molar-refractivity contribution in [3.8, 4) is 11.4 Å². The number of nitrogens with zero attached hydrogens (tertiary/aromatic N) is 2. The molecule has 0 unspecified atom stereocenters. The standard InChI is InChI=1S/C14H15N3OS/c1-3-6-15-12-11-5-8-19-14(11)17-13(16-12)10-4-7-18-9(10)2/h4-5,7-8H,3,6H2,1-2H3,(H,15,16,17). The number of hydrogen-bond donors (Lipinski definition) is 1. The zero-order valence-corrected chi connectivity index (χ0v) is 11.8. The van der Waals surface area contributed by atoms with Gasteiger partial charge in [-0.05, 0) is 30.9 Å². The van der Waals surface area contributed by atoms with E-state index in [9.17, 15) is 0 Å². The third kappa shape index (κ3) is 2.21. The molecule has 0 aliphatic carbocycles. The molecule has 0 spiro atoms. The van der Waals surface area contributed by atoms with E-state index in [2.05, 4.69) is 28.3 Å². The Morgan fingerprint density at radius 3 is 2.95 bits per heavy atom. The maximum atomic E-state index is 5.34. The van der Waals surface area contributed by atoms with Gasteiger partial charge in [0.05, 0.1) is 17.2 Å². The quantitative estimate of drug-likeness (QED) is 0.778. The lowest BCUT2D eigenvalue weighted by Gasteiger charge is -2.07. The van der Waals surface area contributed by atoms with E-state index in [0.717, 1.165) is 46.1 Å². The molecular formula is C14H15N3OS. The van der Waals surface area contributed by atoms with E-state index in [-0.39, 0.29) is 0 Å². The van der Waals surface area contributed by atoms with Crippen LogP contribution in [0.4, 0.5) is 5.82 Å². The predicted molar refractivity (Wildman–Crippen MR) is 78.6 cm³/mol. The van der Waals surface area contributed by atoms with E-state index in [4.69, 9.17) is 4.42 Å². The van der Waals surface area contributed by atoms with Crippen LogP contribution in [0.15, 0.2) is 28.2 Å². The minimum atomic E-state index is 0.722. The summed E-state index contributed by atoms with van der Waals surface area (Å²) in [6.07, 6.45) is 2.74. The molecule has 98 valence electrons. The monoisotopic (exact) mass is 273 g/mol. The van der Waals surface area contributed by atoms with Gasteiger partial charge < -0.3 is 9.73 Å². The first-order valence-corrected chi connectivity index (χ1v) is 7.21. The Hall–Kier alpha value is -1.88. The smallest absolute Gasteiger partial charge is 0.166 e. The minimum Gasteiger partial charge on any atom is -0.469 e. The van der Waals surface area contributed by atoms with Gasteiger partial charge in [0.15, 0.2) is 5.82 Å². The molecule has 0 aliphatic heterocycles. The van der Waals surface area contributed by atoms with Crippen molar-refractivity contribution < 1.29 is 4.42 Å². The molecule has 3 aromatic heterocycles. The molecular weight excluding hydrogens is 258 g/mol. The molecule has 3 aromatic rings. The van der Waals surface area contributed by atoms with Gasteiger partial charge in [0.25, 0.3) is 0 Å². The summed E-state index contributed by atoms with van der Waals surface area (Å²) < 4.78 is 5.34. The van der Waals surface area contributed by atoms with Crippen LogP contribution in [0.1, 0.15) is 19.1 Å². The summed E-state index contributed by atoms with van der Waals surface area (Å²) in [4.78, 5) is 10.3. The number of thiophene rings is 1. The topological polar surface area (TPSA) is 51.0 Å². The lowest BCUT2D eigenvalue weighted by molar-refractivity contribution is 0.535. The third-order valence-corrected chi connectivity index (χ3v) is 3.77. The maximum Gasteiger partial charge on any atom is 0.166 e. The second kappa shape index (κ2) is 5.01. The van der Waals surface area contributed by atoms with E-state index in [1.165, 1.54) is 0 Å². The lowest BCUT2D eigenvalue weighted by Crippen LogP contribution is -2.04.